The maximum atomic E-state index is 12.4. The summed E-state index contributed by atoms with van der Waals surface area (Å²) in [5, 5.41) is 14.3. The zero-order valence-corrected chi connectivity index (χ0v) is 14.1. The van der Waals surface area contributed by atoms with Crippen molar-refractivity contribution < 1.29 is 14.6 Å². The Balaban J connectivity index is 1.49. The lowest BCUT2D eigenvalue weighted by Gasteiger charge is -2.56. The number of likely N-dealkylation sites (tertiary alicyclic amines) is 1. The normalized spacial score (nSPS) is 26.3. The van der Waals surface area contributed by atoms with Gasteiger partial charge in [-0.1, -0.05) is 0 Å². The third-order valence-corrected chi connectivity index (χ3v) is 5.54. The van der Waals surface area contributed by atoms with Crippen molar-refractivity contribution in [3.05, 3.63) is 18.0 Å². The number of aryl methyl sites for hydroxylation is 2. The second-order valence-corrected chi connectivity index (χ2v) is 6.83. The van der Waals surface area contributed by atoms with E-state index in [2.05, 4.69) is 5.10 Å². The Morgan fingerprint density at radius 3 is 2.78 bits per heavy atom. The van der Waals surface area contributed by atoms with Crippen LogP contribution < -0.4 is 0 Å². The van der Waals surface area contributed by atoms with Crippen LogP contribution in [-0.4, -0.2) is 57.6 Å². The topological polar surface area (TPSA) is 67.6 Å². The van der Waals surface area contributed by atoms with Crippen LogP contribution in [-0.2, 0) is 23.0 Å². The number of ether oxygens (including phenoxy) is 1. The molecule has 6 heteroatoms. The number of amides is 1. The molecular weight excluding hydrogens is 294 g/mol. The molecule has 2 fully saturated rings. The van der Waals surface area contributed by atoms with Gasteiger partial charge in [-0.25, -0.2) is 0 Å². The van der Waals surface area contributed by atoms with Crippen molar-refractivity contribution in [2.24, 2.45) is 12.5 Å². The number of aliphatic hydroxyl groups is 1. The summed E-state index contributed by atoms with van der Waals surface area (Å²) in [7, 11) is 1.88. The van der Waals surface area contributed by atoms with Crippen LogP contribution in [0.4, 0.5) is 0 Å². The van der Waals surface area contributed by atoms with Gasteiger partial charge in [-0.2, -0.15) is 5.10 Å². The highest BCUT2D eigenvalue weighted by molar-refractivity contribution is 5.76. The van der Waals surface area contributed by atoms with Crippen LogP contribution in [0.25, 0.3) is 0 Å². The SMILES string of the molecule is CCO[C@@H]1C[C@H](O)C12CCN(C(=O)CCc1cnn(C)c1)CC2. The first-order valence-electron chi connectivity index (χ1n) is 8.60. The maximum absolute atomic E-state index is 12.4. The van der Waals surface area contributed by atoms with Gasteiger partial charge in [0.25, 0.3) is 0 Å². The minimum atomic E-state index is -0.272. The molecule has 0 bridgehead atoms. The summed E-state index contributed by atoms with van der Waals surface area (Å²) < 4.78 is 7.53. The molecule has 1 aromatic heterocycles. The van der Waals surface area contributed by atoms with E-state index in [0.717, 1.165) is 44.3 Å². The van der Waals surface area contributed by atoms with Gasteiger partial charge in [0.15, 0.2) is 0 Å². The van der Waals surface area contributed by atoms with Gasteiger partial charge in [0, 0.05) is 51.2 Å². The monoisotopic (exact) mass is 321 g/mol. The summed E-state index contributed by atoms with van der Waals surface area (Å²) in [6.45, 7) is 4.14. The van der Waals surface area contributed by atoms with Crippen LogP contribution in [0.5, 0.6) is 0 Å². The van der Waals surface area contributed by atoms with E-state index in [4.69, 9.17) is 4.74 Å². The highest BCUT2D eigenvalue weighted by Crippen LogP contribution is 2.50. The van der Waals surface area contributed by atoms with E-state index in [9.17, 15) is 9.90 Å². The van der Waals surface area contributed by atoms with Crippen LogP contribution in [0.3, 0.4) is 0 Å². The molecule has 1 saturated heterocycles. The molecule has 3 rings (SSSR count). The summed E-state index contributed by atoms with van der Waals surface area (Å²) in [4.78, 5) is 14.3. The van der Waals surface area contributed by atoms with E-state index in [1.54, 1.807) is 4.68 Å². The Labute approximate surface area is 137 Å². The van der Waals surface area contributed by atoms with Gasteiger partial charge in [-0.05, 0) is 31.7 Å². The Hall–Kier alpha value is -1.40. The lowest BCUT2D eigenvalue weighted by Crippen LogP contribution is -2.62. The molecule has 1 aliphatic heterocycles. The van der Waals surface area contributed by atoms with Crippen molar-refractivity contribution in [2.75, 3.05) is 19.7 Å². The van der Waals surface area contributed by atoms with Crippen LogP contribution in [0.2, 0.25) is 0 Å². The fraction of sp³-hybridized carbons (Fsp3) is 0.765. The molecule has 128 valence electrons. The highest BCUT2D eigenvalue weighted by Gasteiger charge is 2.56. The molecule has 2 aliphatic rings. The Bertz CT molecular complexity index is 547. The number of carbonyl (C=O) groups excluding carboxylic acids is 1. The smallest absolute Gasteiger partial charge is 0.222 e. The molecule has 1 spiro atoms. The lowest BCUT2D eigenvalue weighted by atomic mass is 9.58. The van der Waals surface area contributed by atoms with Crippen LogP contribution in [0.1, 0.15) is 38.2 Å². The van der Waals surface area contributed by atoms with Crippen molar-refractivity contribution in [3.63, 3.8) is 0 Å². The molecule has 0 unspecified atom stereocenters. The average Bonchev–Trinajstić information content (AvgIpc) is 2.98. The lowest BCUT2D eigenvalue weighted by molar-refractivity contribution is -0.210. The molecule has 23 heavy (non-hydrogen) atoms. The van der Waals surface area contributed by atoms with E-state index >= 15 is 0 Å². The maximum Gasteiger partial charge on any atom is 0.222 e. The molecule has 0 radical (unpaired) electrons. The summed E-state index contributed by atoms with van der Waals surface area (Å²) in [6, 6.07) is 0. The minimum absolute atomic E-state index is 0.115. The van der Waals surface area contributed by atoms with Gasteiger partial charge in [0.2, 0.25) is 5.91 Å². The molecule has 1 saturated carbocycles. The van der Waals surface area contributed by atoms with Gasteiger partial charge in [-0.15, -0.1) is 0 Å². The van der Waals surface area contributed by atoms with Gasteiger partial charge in [-0.3, -0.25) is 9.48 Å². The van der Waals surface area contributed by atoms with E-state index in [0.29, 0.717) is 13.0 Å². The Morgan fingerprint density at radius 1 is 1.48 bits per heavy atom. The van der Waals surface area contributed by atoms with Crippen molar-refractivity contribution in [3.8, 4) is 0 Å². The van der Waals surface area contributed by atoms with E-state index < -0.39 is 0 Å². The van der Waals surface area contributed by atoms with E-state index in [-0.39, 0.29) is 23.5 Å². The standard InChI is InChI=1S/C17H27N3O3/c1-3-23-15-10-14(21)17(15)6-8-20(9-7-17)16(22)5-4-13-11-18-19(2)12-13/h11-12,14-15,21H,3-10H2,1-2H3/t14-,15+/m0/s1. The first kappa shape index (κ1) is 16.5. The number of carbonyl (C=O) groups is 1. The quantitative estimate of drug-likeness (QED) is 0.883. The summed E-state index contributed by atoms with van der Waals surface area (Å²) in [6.07, 6.45) is 7.35. The predicted molar refractivity (Wildman–Crippen MR) is 85.8 cm³/mol. The largest absolute Gasteiger partial charge is 0.392 e. The van der Waals surface area contributed by atoms with Gasteiger partial charge >= 0.3 is 0 Å². The van der Waals surface area contributed by atoms with Gasteiger partial charge in [0.1, 0.15) is 0 Å². The Morgan fingerprint density at radius 2 is 2.22 bits per heavy atom. The second-order valence-electron chi connectivity index (χ2n) is 6.83. The minimum Gasteiger partial charge on any atom is -0.392 e. The molecule has 1 aromatic rings. The number of hydrogen-bond donors (Lipinski definition) is 1. The molecule has 0 aromatic carbocycles. The van der Waals surface area contributed by atoms with Crippen molar-refractivity contribution in [1.82, 2.24) is 14.7 Å². The van der Waals surface area contributed by atoms with Crippen LogP contribution in [0, 0.1) is 5.41 Å². The summed E-state index contributed by atoms with van der Waals surface area (Å²) >= 11 is 0. The zero-order valence-electron chi connectivity index (χ0n) is 14.1. The van der Waals surface area contributed by atoms with Crippen molar-refractivity contribution in [1.29, 1.82) is 0 Å². The molecule has 2 heterocycles. The van der Waals surface area contributed by atoms with Gasteiger partial charge < -0.3 is 14.7 Å². The Kier molecular flexibility index (Phi) is 4.73. The fourth-order valence-electron chi connectivity index (χ4n) is 4.00. The second kappa shape index (κ2) is 6.61. The molecule has 6 nitrogen and oxygen atoms in total. The number of nitrogens with zero attached hydrogens (tertiary/aromatic N) is 3. The summed E-state index contributed by atoms with van der Waals surface area (Å²) in [5.41, 5.74) is 0.982. The highest BCUT2D eigenvalue weighted by atomic mass is 16.5. The molecule has 2 atom stereocenters. The first-order chi connectivity index (χ1) is 11.0. The number of piperidine rings is 1. The van der Waals surface area contributed by atoms with Crippen LogP contribution >= 0.6 is 0 Å². The molecule has 1 N–H and O–H groups in total. The number of aromatic nitrogens is 2. The summed E-state index contributed by atoms with van der Waals surface area (Å²) in [5.74, 6) is 0.200. The van der Waals surface area contributed by atoms with E-state index in [1.165, 1.54) is 0 Å². The number of hydrogen-bond acceptors (Lipinski definition) is 4. The predicted octanol–water partition coefficient (Wildman–Crippen LogP) is 1.13. The number of rotatable bonds is 5. The third kappa shape index (κ3) is 3.15. The average molecular weight is 321 g/mol. The number of aliphatic hydroxyl groups excluding tert-OH is 1. The fourth-order valence-corrected chi connectivity index (χ4v) is 4.00. The van der Waals surface area contributed by atoms with Gasteiger partial charge in [0.05, 0.1) is 18.4 Å². The van der Waals surface area contributed by atoms with Crippen molar-refractivity contribution in [2.45, 2.75) is 51.2 Å². The van der Waals surface area contributed by atoms with Crippen molar-refractivity contribution >= 4 is 5.91 Å². The first-order valence-corrected chi connectivity index (χ1v) is 8.60. The van der Waals surface area contributed by atoms with Crippen LogP contribution in [0.15, 0.2) is 12.4 Å². The molecule has 1 amide bonds. The van der Waals surface area contributed by atoms with E-state index in [1.807, 2.05) is 31.3 Å². The third-order valence-electron chi connectivity index (χ3n) is 5.54. The molecule has 1 aliphatic carbocycles. The zero-order chi connectivity index (χ0) is 16.4. The molecular formula is C17H27N3O3.